The molecule has 0 fully saturated rings. The van der Waals surface area contributed by atoms with Gasteiger partial charge in [0.1, 0.15) is 11.5 Å². The van der Waals surface area contributed by atoms with Crippen LogP contribution in [-0.2, 0) is 6.42 Å². The lowest BCUT2D eigenvalue weighted by atomic mass is 9.69. The topological polar surface area (TPSA) is 29.5 Å². The molecule has 1 aliphatic carbocycles. The monoisotopic (exact) mass is 464 g/mol. The van der Waals surface area contributed by atoms with Crippen molar-refractivity contribution in [3.8, 4) is 11.5 Å². The van der Waals surface area contributed by atoms with Gasteiger partial charge in [-0.3, -0.25) is 0 Å². The highest BCUT2D eigenvalue weighted by molar-refractivity contribution is 9.09. The highest BCUT2D eigenvalue weighted by atomic mass is 79.9. The molecule has 0 spiro atoms. The van der Waals surface area contributed by atoms with Gasteiger partial charge in [-0.25, -0.2) is 0 Å². The van der Waals surface area contributed by atoms with Crippen molar-refractivity contribution in [3.05, 3.63) is 95.1 Å². The molecule has 2 atom stereocenters. The Kier molecular flexibility index (Phi) is 7.11. The van der Waals surface area contributed by atoms with E-state index < -0.39 is 0 Å². The van der Waals surface area contributed by atoms with Gasteiger partial charge < -0.3 is 9.84 Å². The van der Waals surface area contributed by atoms with Gasteiger partial charge in [0.15, 0.2) is 0 Å². The van der Waals surface area contributed by atoms with Gasteiger partial charge in [-0.2, -0.15) is 0 Å². The minimum Gasteiger partial charge on any atom is -0.508 e. The van der Waals surface area contributed by atoms with Crippen LogP contribution in [0.2, 0.25) is 0 Å². The molecular formula is C27H29BrO2. The van der Waals surface area contributed by atoms with Crippen molar-refractivity contribution in [2.24, 2.45) is 0 Å². The molecule has 0 bridgehead atoms. The normalized spacial score (nSPS) is 18.0. The Morgan fingerprint density at radius 2 is 1.67 bits per heavy atom. The first-order valence-corrected chi connectivity index (χ1v) is 12.0. The molecule has 3 aromatic carbocycles. The lowest BCUT2D eigenvalue weighted by Crippen LogP contribution is -2.20. The number of rotatable bonds is 8. The number of hydrogen-bond donors (Lipinski definition) is 1. The van der Waals surface area contributed by atoms with Gasteiger partial charge in [0.2, 0.25) is 0 Å². The van der Waals surface area contributed by atoms with Crippen LogP contribution in [0.25, 0.3) is 0 Å². The standard InChI is InChI=1S/C27H29BrO2/c28-17-5-2-6-18-30-24-13-9-21(10-14-24)27-25(20-7-3-1-4-8-20)15-11-22-19-23(29)12-16-26(22)27/h1,3-4,7-10,12-14,16,19,25,27,29H,2,5-6,11,15,17-18H2/t25-,27?/m1/s1. The molecule has 0 saturated carbocycles. The number of aromatic hydroxyl groups is 1. The van der Waals surface area contributed by atoms with Crippen molar-refractivity contribution in [1.29, 1.82) is 0 Å². The number of phenols is 1. The van der Waals surface area contributed by atoms with Crippen molar-refractivity contribution in [2.45, 2.75) is 43.9 Å². The molecule has 1 unspecified atom stereocenters. The van der Waals surface area contributed by atoms with E-state index in [9.17, 15) is 5.11 Å². The second kappa shape index (κ2) is 10.2. The average Bonchev–Trinajstić information content (AvgIpc) is 2.79. The molecule has 156 valence electrons. The van der Waals surface area contributed by atoms with E-state index in [2.05, 4.69) is 76.6 Å². The lowest BCUT2D eigenvalue weighted by molar-refractivity contribution is 0.306. The van der Waals surface area contributed by atoms with Crippen LogP contribution < -0.4 is 4.74 Å². The van der Waals surface area contributed by atoms with Crippen LogP contribution in [0.3, 0.4) is 0 Å². The largest absolute Gasteiger partial charge is 0.508 e. The van der Waals surface area contributed by atoms with E-state index in [1.54, 1.807) is 0 Å². The second-order valence-electron chi connectivity index (χ2n) is 8.08. The van der Waals surface area contributed by atoms with E-state index in [-0.39, 0.29) is 5.92 Å². The maximum absolute atomic E-state index is 9.98. The van der Waals surface area contributed by atoms with Gasteiger partial charge in [0.25, 0.3) is 0 Å². The van der Waals surface area contributed by atoms with Crippen LogP contribution in [0.5, 0.6) is 11.5 Å². The number of alkyl halides is 1. The van der Waals surface area contributed by atoms with Crippen LogP contribution in [0.1, 0.15) is 59.8 Å². The van der Waals surface area contributed by atoms with Crippen LogP contribution in [-0.4, -0.2) is 17.0 Å². The highest BCUT2D eigenvalue weighted by Gasteiger charge is 2.32. The van der Waals surface area contributed by atoms with E-state index >= 15 is 0 Å². The predicted octanol–water partition coefficient (Wildman–Crippen LogP) is 7.20. The van der Waals surface area contributed by atoms with Crippen LogP contribution in [0.4, 0.5) is 0 Å². The molecule has 0 radical (unpaired) electrons. The van der Waals surface area contributed by atoms with Crippen molar-refractivity contribution in [1.82, 2.24) is 0 Å². The summed E-state index contributed by atoms with van der Waals surface area (Å²) in [5.41, 5.74) is 5.28. The minimum absolute atomic E-state index is 0.282. The van der Waals surface area contributed by atoms with Crippen molar-refractivity contribution >= 4 is 15.9 Å². The minimum atomic E-state index is 0.282. The first kappa shape index (κ1) is 21.0. The maximum atomic E-state index is 9.98. The third-order valence-electron chi connectivity index (χ3n) is 6.10. The number of phenolic OH excluding ortho intramolecular Hbond substituents is 1. The van der Waals surface area contributed by atoms with Crippen LogP contribution >= 0.6 is 15.9 Å². The zero-order valence-electron chi connectivity index (χ0n) is 17.3. The first-order valence-electron chi connectivity index (χ1n) is 10.9. The number of ether oxygens (including phenoxy) is 1. The number of fused-ring (bicyclic) bond motifs is 1. The molecule has 1 aliphatic rings. The molecule has 0 heterocycles. The Morgan fingerprint density at radius 3 is 2.43 bits per heavy atom. The van der Waals surface area contributed by atoms with Crippen molar-refractivity contribution in [3.63, 3.8) is 0 Å². The molecule has 0 aliphatic heterocycles. The predicted molar refractivity (Wildman–Crippen MR) is 127 cm³/mol. The summed E-state index contributed by atoms with van der Waals surface area (Å²) >= 11 is 3.47. The van der Waals surface area contributed by atoms with Crippen molar-refractivity contribution < 1.29 is 9.84 Å². The van der Waals surface area contributed by atoms with Gasteiger partial charge in [0, 0.05) is 11.2 Å². The molecule has 0 amide bonds. The maximum Gasteiger partial charge on any atom is 0.119 e. The zero-order chi connectivity index (χ0) is 20.8. The third-order valence-corrected chi connectivity index (χ3v) is 6.66. The molecule has 0 saturated heterocycles. The summed E-state index contributed by atoms with van der Waals surface area (Å²) in [4.78, 5) is 0. The Balaban J connectivity index is 1.58. The summed E-state index contributed by atoms with van der Waals surface area (Å²) in [5, 5.41) is 11.0. The smallest absolute Gasteiger partial charge is 0.119 e. The number of benzene rings is 3. The van der Waals surface area contributed by atoms with Crippen LogP contribution in [0, 0.1) is 0 Å². The summed E-state index contributed by atoms with van der Waals surface area (Å²) in [5.74, 6) is 2.01. The highest BCUT2D eigenvalue weighted by Crippen LogP contribution is 2.47. The fraction of sp³-hybridized carbons (Fsp3) is 0.333. The Bertz CT molecular complexity index is 937. The number of aryl methyl sites for hydroxylation is 1. The molecule has 2 nitrogen and oxygen atoms in total. The SMILES string of the molecule is Oc1ccc2c(c1)CC[C@H](c1ccccc1)C2c1ccc(OCCCCCBr)cc1. The van der Waals surface area contributed by atoms with Gasteiger partial charge >= 0.3 is 0 Å². The van der Waals surface area contributed by atoms with Crippen molar-refractivity contribution in [2.75, 3.05) is 11.9 Å². The fourth-order valence-corrected chi connectivity index (χ4v) is 5.01. The first-order chi connectivity index (χ1) is 14.8. The Labute approximate surface area is 188 Å². The zero-order valence-corrected chi connectivity index (χ0v) is 18.9. The van der Waals surface area contributed by atoms with Gasteiger partial charge in [-0.05, 0) is 84.5 Å². The average molecular weight is 465 g/mol. The lowest BCUT2D eigenvalue weighted by Gasteiger charge is -2.34. The van der Waals surface area contributed by atoms with Gasteiger partial charge in [-0.15, -0.1) is 0 Å². The summed E-state index contributed by atoms with van der Waals surface area (Å²) < 4.78 is 5.94. The number of unbranched alkanes of at least 4 members (excludes halogenated alkanes) is 2. The van der Waals surface area contributed by atoms with E-state index in [1.165, 1.54) is 35.1 Å². The van der Waals surface area contributed by atoms with E-state index in [4.69, 9.17) is 4.74 Å². The Hall–Kier alpha value is -2.26. The summed E-state index contributed by atoms with van der Waals surface area (Å²) in [6.07, 6.45) is 5.54. The van der Waals surface area contributed by atoms with E-state index in [0.29, 0.717) is 11.7 Å². The summed E-state index contributed by atoms with van der Waals surface area (Å²) in [6, 6.07) is 25.4. The molecular weight excluding hydrogens is 436 g/mol. The molecule has 3 heteroatoms. The number of halogens is 1. The van der Waals surface area contributed by atoms with E-state index in [1.807, 2.05) is 12.1 Å². The molecule has 0 aromatic heterocycles. The quantitative estimate of drug-likeness (QED) is 0.282. The number of hydrogen-bond acceptors (Lipinski definition) is 2. The van der Waals surface area contributed by atoms with Gasteiger partial charge in [0.05, 0.1) is 6.61 Å². The molecule has 3 aromatic rings. The van der Waals surface area contributed by atoms with Gasteiger partial charge in [-0.1, -0.05) is 64.5 Å². The molecule has 1 N–H and O–H groups in total. The second-order valence-corrected chi connectivity index (χ2v) is 8.88. The summed E-state index contributed by atoms with van der Waals surface area (Å²) in [7, 11) is 0. The molecule has 30 heavy (non-hydrogen) atoms. The fourth-order valence-electron chi connectivity index (χ4n) is 4.61. The third kappa shape index (κ3) is 4.89. The van der Waals surface area contributed by atoms with Crippen LogP contribution in [0.15, 0.2) is 72.8 Å². The Morgan fingerprint density at radius 1 is 0.867 bits per heavy atom. The molecule has 4 rings (SSSR count). The summed E-state index contributed by atoms with van der Waals surface area (Å²) in [6.45, 7) is 0.768. The van der Waals surface area contributed by atoms with E-state index in [0.717, 1.165) is 36.9 Å².